The van der Waals surface area contributed by atoms with E-state index in [0.717, 1.165) is 22.1 Å². The standard InChI is InChI=1S/C62H87ClN6O17S/c1-35(2)43(31-52(87)65-21-23-83-25-24-82-22-19-37(4)70)57(75)67-44(15-13-20-66-60(64)78)47(72)29-41-17-18-42(30-46(41)71)58(76)68(8)39(6)59(77)85-51-32-53(73)69(9)45-27-40(28-48(80-10)55(45)63)26-36(3)14-12-16-50(81-11)62(79)33-49(84-54(74)34-62)38(5)56-61(51,7)86-56/h12,14,16-18,27-28,30,35,38-39,43-44,49-51,56,71,79H,13,15,19-26,29,31-34H2,1-11H3,(H,65,87)(H,67,75)(H3,64,66,78)/b16-12+,36-14+/t38-,39+,43+,44+,49+,50-,51+,56+,61+,62-/m1/s1. The monoisotopic (exact) mass is 1250 g/mol. The van der Waals surface area contributed by atoms with Gasteiger partial charge in [0.1, 0.15) is 57.9 Å². The molecule has 3 aliphatic heterocycles. The van der Waals surface area contributed by atoms with Crippen LogP contribution in [0.1, 0.15) is 115 Å². The summed E-state index contributed by atoms with van der Waals surface area (Å²) in [5.41, 5.74) is 4.27. The number of ketones is 2. The number of epoxide rings is 1. The Morgan fingerprint density at radius 3 is 2.36 bits per heavy atom. The number of benzene rings is 2. The zero-order valence-electron chi connectivity index (χ0n) is 51.7. The lowest BCUT2D eigenvalue weighted by Gasteiger charge is -2.41. The van der Waals surface area contributed by atoms with Gasteiger partial charge in [-0.3, -0.25) is 28.8 Å². The fourth-order valence-corrected chi connectivity index (χ4v) is 11.2. The van der Waals surface area contributed by atoms with E-state index in [1.54, 1.807) is 38.1 Å². The van der Waals surface area contributed by atoms with Crippen LogP contribution in [0.25, 0.3) is 0 Å². The number of thiocarbonyl (C=S) groups is 1. The third-order valence-corrected chi connectivity index (χ3v) is 16.9. The van der Waals surface area contributed by atoms with Crippen LogP contribution in [-0.2, 0) is 70.0 Å². The van der Waals surface area contributed by atoms with E-state index in [0.29, 0.717) is 62.2 Å². The van der Waals surface area contributed by atoms with Crippen LogP contribution in [0.2, 0.25) is 5.02 Å². The zero-order chi connectivity index (χ0) is 64.5. The third-order valence-electron chi connectivity index (χ3n) is 16.2. The summed E-state index contributed by atoms with van der Waals surface area (Å²) in [7, 11) is 5.78. The summed E-state index contributed by atoms with van der Waals surface area (Å²) >= 11 is 12.4. The Bertz CT molecular complexity index is 2890. The number of likely N-dealkylation sites (N-methyl/N-ethyl adjacent to an activating group) is 1. The number of halogens is 1. The van der Waals surface area contributed by atoms with Crippen molar-refractivity contribution in [3.05, 3.63) is 75.8 Å². The Balaban J connectivity index is 1.31. The number of aromatic hydroxyl groups is 1. The van der Waals surface area contributed by atoms with Crippen molar-refractivity contribution in [1.29, 1.82) is 0 Å². The lowest BCUT2D eigenvalue weighted by molar-refractivity contribution is -0.187. The number of phenols is 1. The van der Waals surface area contributed by atoms with Crippen molar-refractivity contribution in [3.8, 4) is 11.5 Å². The van der Waals surface area contributed by atoms with E-state index in [1.165, 1.54) is 59.2 Å². The molecule has 0 unspecified atom stereocenters. The highest BCUT2D eigenvalue weighted by Gasteiger charge is 2.64. The topological polar surface area (TPSA) is 314 Å². The van der Waals surface area contributed by atoms with Crippen molar-refractivity contribution in [2.75, 3.05) is 72.7 Å². The van der Waals surface area contributed by atoms with Gasteiger partial charge in [-0.05, 0) is 82.7 Å². The van der Waals surface area contributed by atoms with Crippen LogP contribution in [0.4, 0.5) is 10.5 Å². The Labute approximate surface area is 519 Å². The van der Waals surface area contributed by atoms with Gasteiger partial charge < -0.3 is 74.9 Å². The molecule has 0 saturated carbocycles. The summed E-state index contributed by atoms with van der Waals surface area (Å²) in [6.45, 7) is 13.7. The number of methoxy groups -OCH3 is 2. The molecule has 0 aliphatic carbocycles. The molecule has 3 heterocycles. The van der Waals surface area contributed by atoms with Gasteiger partial charge >= 0.3 is 18.0 Å². The largest absolute Gasteiger partial charge is 0.508 e. The van der Waals surface area contributed by atoms with Gasteiger partial charge in [-0.15, -0.1) is 0 Å². The molecule has 0 radical (unpaired) electrons. The first kappa shape index (κ1) is 71.2. The summed E-state index contributed by atoms with van der Waals surface area (Å²) in [6, 6.07) is 4.32. The molecule has 5 rings (SSSR count). The normalized spacial score (nSPS) is 24.2. The van der Waals surface area contributed by atoms with Gasteiger partial charge in [0.25, 0.3) is 5.91 Å². The fourth-order valence-electron chi connectivity index (χ4n) is 10.6. The summed E-state index contributed by atoms with van der Waals surface area (Å²) in [4.78, 5) is 110. The van der Waals surface area contributed by atoms with E-state index in [1.807, 2.05) is 26.8 Å². The molecule has 480 valence electrons. The number of aliphatic hydroxyl groups is 1. The molecule has 2 aromatic rings. The smallest absolute Gasteiger partial charge is 0.328 e. The van der Waals surface area contributed by atoms with Crippen molar-refractivity contribution in [3.63, 3.8) is 0 Å². The molecular weight excluding hydrogens is 1170 g/mol. The number of primary amides is 1. The first-order chi connectivity index (χ1) is 41.0. The number of urea groups is 1. The summed E-state index contributed by atoms with van der Waals surface area (Å²) in [5, 5.41) is 32.0. The summed E-state index contributed by atoms with van der Waals surface area (Å²) in [6.07, 6.45) is 1.49. The maximum atomic E-state index is 14.5. The van der Waals surface area contributed by atoms with Crippen LogP contribution in [0.3, 0.4) is 0 Å². The number of Topliss-reactive ketones (excluding diaryl/α,β-unsaturated/α-hetero) is 2. The molecule has 0 spiro atoms. The molecule has 2 aromatic carbocycles. The number of ether oxygens (including phenoxy) is 7. The van der Waals surface area contributed by atoms with Gasteiger partial charge in [0.2, 0.25) is 11.8 Å². The van der Waals surface area contributed by atoms with E-state index in [4.69, 9.17) is 62.7 Å². The van der Waals surface area contributed by atoms with Crippen LogP contribution < -0.4 is 31.3 Å². The number of nitrogens with zero attached hydrogens (tertiary/aromatic N) is 2. The molecule has 3 aliphatic rings. The number of allylic oxidation sites excluding steroid dienone is 3. The van der Waals surface area contributed by atoms with Gasteiger partial charge in [-0.2, -0.15) is 0 Å². The SMILES string of the molecule is COc1cc2cc(c1Cl)N(C)C(=O)C[C@H](OC(=O)[C@H](C)N(C)C(=O)c1ccc(CC(=O)[C@H](CCCNC(N)=O)NC(=O)[C@@H](CC(=S)NCCOCCOCCC(C)=O)C(C)C)c(O)c1)[C@]1(C)O[C@H]1[C@H](C)[C@@H]1C[C@@](O)(CC(=O)O1)[C@H](OC)/C=C/C=C(\C)C2. The number of rotatable bonds is 27. The minimum absolute atomic E-state index is 0.0265. The second kappa shape index (κ2) is 32.6. The van der Waals surface area contributed by atoms with E-state index >= 15 is 0 Å². The average molecular weight is 1260 g/mol. The van der Waals surface area contributed by atoms with E-state index in [9.17, 15) is 48.6 Å². The fraction of sp³-hybridized carbons (Fsp3) is 0.597. The predicted molar refractivity (Wildman–Crippen MR) is 327 cm³/mol. The Morgan fingerprint density at radius 1 is 1.01 bits per heavy atom. The number of phenolic OH excluding ortho intramolecular Hbond substituents is 1. The number of fused-ring (bicyclic) bond motifs is 5. The van der Waals surface area contributed by atoms with Crippen molar-refractivity contribution < 1.29 is 81.7 Å². The molecule has 2 saturated heterocycles. The highest BCUT2D eigenvalue weighted by Crippen LogP contribution is 2.50. The van der Waals surface area contributed by atoms with Crippen molar-refractivity contribution in [1.82, 2.24) is 20.9 Å². The summed E-state index contributed by atoms with van der Waals surface area (Å²) < 4.78 is 40.7. The molecule has 25 heteroatoms. The molecule has 23 nitrogen and oxygen atoms in total. The lowest BCUT2D eigenvalue weighted by Crippen LogP contribution is -2.53. The third kappa shape index (κ3) is 20.0. The van der Waals surface area contributed by atoms with Crippen LogP contribution in [0, 0.1) is 17.8 Å². The average Bonchev–Trinajstić information content (AvgIpc) is 1.60. The molecule has 4 bridgehead atoms. The van der Waals surface area contributed by atoms with Gasteiger partial charge in [-0.25, -0.2) is 9.59 Å². The lowest BCUT2D eigenvalue weighted by atomic mass is 9.78. The Hall–Kier alpha value is -6.54. The predicted octanol–water partition coefficient (Wildman–Crippen LogP) is 5.42. The number of hydrogen-bond donors (Lipinski definition) is 6. The van der Waals surface area contributed by atoms with Gasteiger partial charge in [-0.1, -0.05) is 74.5 Å². The quantitative estimate of drug-likeness (QED) is 0.0281. The van der Waals surface area contributed by atoms with E-state index in [-0.39, 0.29) is 72.9 Å². The highest BCUT2D eigenvalue weighted by atomic mass is 35.5. The number of esters is 2. The van der Waals surface area contributed by atoms with Crippen molar-refractivity contribution in [2.24, 2.45) is 23.5 Å². The van der Waals surface area contributed by atoms with E-state index < -0.39 is 113 Å². The number of amides is 5. The molecule has 0 aromatic heterocycles. The van der Waals surface area contributed by atoms with Gasteiger partial charge in [0.05, 0.1) is 69.2 Å². The van der Waals surface area contributed by atoms with Crippen LogP contribution in [-0.4, -0.2) is 183 Å². The molecular formula is C62H87ClN6O17S. The molecule has 87 heavy (non-hydrogen) atoms. The second-order valence-corrected chi connectivity index (χ2v) is 24.1. The van der Waals surface area contributed by atoms with Crippen molar-refractivity contribution in [2.45, 2.75) is 154 Å². The number of nitrogens with one attached hydrogen (secondary N) is 3. The second-order valence-electron chi connectivity index (χ2n) is 23.2. The number of anilines is 1. The number of carbonyl (C=O) groups is 8. The molecule has 7 N–H and O–H groups in total. The van der Waals surface area contributed by atoms with E-state index in [2.05, 4.69) is 16.0 Å². The maximum absolute atomic E-state index is 14.5. The number of nitrogens with two attached hydrogens (primary N) is 1. The summed E-state index contributed by atoms with van der Waals surface area (Å²) in [5.74, 6) is -5.24. The molecule has 5 amide bonds. The Morgan fingerprint density at radius 2 is 1.71 bits per heavy atom. The molecule has 2 fully saturated rings. The number of carbonyl (C=O) groups excluding carboxylic acids is 8. The first-order valence-corrected chi connectivity index (χ1v) is 30.0. The van der Waals surface area contributed by atoms with Crippen molar-refractivity contribution >= 4 is 81.8 Å². The minimum atomic E-state index is -1.67. The minimum Gasteiger partial charge on any atom is -0.508 e. The first-order valence-electron chi connectivity index (χ1n) is 29.2. The highest BCUT2D eigenvalue weighted by molar-refractivity contribution is 7.80. The maximum Gasteiger partial charge on any atom is 0.328 e. The molecule has 10 atom stereocenters. The van der Waals surface area contributed by atoms with Crippen LogP contribution in [0.15, 0.2) is 54.1 Å². The van der Waals surface area contributed by atoms with Gasteiger partial charge in [0.15, 0.2) is 5.78 Å². The number of hydrogen-bond acceptors (Lipinski definition) is 18. The van der Waals surface area contributed by atoms with Gasteiger partial charge in [0, 0.05) is 82.9 Å². The Kier molecular flexibility index (Phi) is 26.7. The van der Waals surface area contributed by atoms with Crippen LogP contribution in [0.5, 0.6) is 11.5 Å². The van der Waals surface area contributed by atoms with Crippen LogP contribution >= 0.6 is 23.8 Å². The zero-order valence-corrected chi connectivity index (χ0v) is 53.3.